The third-order valence-electron chi connectivity index (χ3n) is 1.84. The van der Waals surface area contributed by atoms with Gasteiger partial charge in [0, 0.05) is 12.1 Å². The van der Waals surface area contributed by atoms with Crippen LogP contribution in [-0.4, -0.2) is 23.1 Å². The number of nitro groups is 1. The molecule has 0 amide bonds. The quantitative estimate of drug-likeness (QED) is 0.452. The van der Waals surface area contributed by atoms with Crippen molar-refractivity contribution in [3.8, 4) is 11.8 Å². The van der Waals surface area contributed by atoms with Crippen molar-refractivity contribution in [2.75, 3.05) is 7.11 Å². The number of phenolic OH excluding ortho intramolecular Hbond substituents is 1. The van der Waals surface area contributed by atoms with E-state index in [1.165, 1.54) is 0 Å². The standard InChI is InChI=1S/C9H6N2O5/c1-16-9(13)6-3-8(12)7(11(14)15)2-5(6)4-10/h2-3,12H,1H3. The fourth-order valence-electron chi connectivity index (χ4n) is 1.09. The predicted octanol–water partition coefficient (Wildman–Crippen LogP) is 0.959. The number of ether oxygens (including phenoxy) is 1. The summed E-state index contributed by atoms with van der Waals surface area (Å²) in [5.41, 5.74) is -1.08. The van der Waals surface area contributed by atoms with Gasteiger partial charge in [-0.3, -0.25) is 10.1 Å². The monoisotopic (exact) mass is 222 g/mol. The highest BCUT2D eigenvalue weighted by Gasteiger charge is 2.21. The summed E-state index contributed by atoms with van der Waals surface area (Å²) in [6.45, 7) is 0. The number of nitrogens with zero attached hydrogens (tertiary/aromatic N) is 2. The first kappa shape index (κ1) is 11.5. The van der Waals surface area contributed by atoms with Gasteiger partial charge in [-0.2, -0.15) is 5.26 Å². The fraction of sp³-hybridized carbons (Fsp3) is 0.111. The number of nitriles is 1. The van der Waals surface area contributed by atoms with Crippen LogP contribution in [0.5, 0.6) is 5.75 Å². The minimum absolute atomic E-state index is 0.215. The molecule has 82 valence electrons. The van der Waals surface area contributed by atoms with Crippen LogP contribution in [0.3, 0.4) is 0 Å². The van der Waals surface area contributed by atoms with Crippen LogP contribution < -0.4 is 0 Å². The molecule has 0 aliphatic carbocycles. The number of esters is 1. The number of rotatable bonds is 2. The summed E-state index contributed by atoms with van der Waals surface area (Å²) in [6.07, 6.45) is 0. The van der Waals surface area contributed by atoms with E-state index in [1.54, 1.807) is 6.07 Å². The van der Waals surface area contributed by atoms with Gasteiger partial charge in [-0.15, -0.1) is 0 Å². The van der Waals surface area contributed by atoms with Gasteiger partial charge in [0.15, 0.2) is 5.75 Å². The van der Waals surface area contributed by atoms with E-state index in [0.29, 0.717) is 0 Å². The second-order valence-corrected chi connectivity index (χ2v) is 2.75. The maximum atomic E-state index is 11.2. The lowest BCUT2D eigenvalue weighted by molar-refractivity contribution is -0.385. The molecule has 0 saturated carbocycles. The Morgan fingerprint density at radius 3 is 2.69 bits per heavy atom. The molecule has 1 aromatic carbocycles. The van der Waals surface area contributed by atoms with Crippen LogP contribution in [-0.2, 0) is 4.74 Å². The molecular weight excluding hydrogens is 216 g/mol. The highest BCUT2D eigenvalue weighted by Crippen LogP contribution is 2.29. The summed E-state index contributed by atoms with van der Waals surface area (Å²) < 4.78 is 4.36. The molecule has 16 heavy (non-hydrogen) atoms. The van der Waals surface area contributed by atoms with E-state index in [4.69, 9.17) is 5.26 Å². The number of carbonyl (C=O) groups excluding carboxylic acids is 1. The highest BCUT2D eigenvalue weighted by molar-refractivity contribution is 5.93. The third-order valence-corrected chi connectivity index (χ3v) is 1.84. The Balaban J connectivity index is 3.45. The molecule has 0 atom stereocenters. The van der Waals surface area contributed by atoms with Crippen molar-refractivity contribution in [1.82, 2.24) is 0 Å². The van der Waals surface area contributed by atoms with E-state index in [1.807, 2.05) is 0 Å². The van der Waals surface area contributed by atoms with Crippen LogP contribution in [0, 0.1) is 21.4 Å². The van der Waals surface area contributed by atoms with Gasteiger partial charge >= 0.3 is 11.7 Å². The van der Waals surface area contributed by atoms with E-state index in [9.17, 15) is 20.0 Å². The Bertz CT molecular complexity index is 503. The second kappa shape index (κ2) is 4.27. The first-order valence-electron chi connectivity index (χ1n) is 4.01. The summed E-state index contributed by atoms with van der Waals surface area (Å²) >= 11 is 0. The number of phenols is 1. The smallest absolute Gasteiger partial charge is 0.339 e. The van der Waals surface area contributed by atoms with Crippen molar-refractivity contribution < 1.29 is 19.6 Å². The van der Waals surface area contributed by atoms with Crippen molar-refractivity contribution in [3.05, 3.63) is 33.4 Å². The topological polar surface area (TPSA) is 113 Å². The first-order chi connectivity index (χ1) is 7.51. The zero-order chi connectivity index (χ0) is 12.3. The third kappa shape index (κ3) is 1.90. The molecule has 0 heterocycles. The first-order valence-corrected chi connectivity index (χ1v) is 4.01. The van der Waals surface area contributed by atoms with Gasteiger partial charge in [-0.05, 0) is 0 Å². The highest BCUT2D eigenvalue weighted by atomic mass is 16.6. The van der Waals surface area contributed by atoms with Crippen LogP contribution in [0.25, 0.3) is 0 Å². The zero-order valence-electron chi connectivity index (χ0n) is 8.13. The Morgan fingerprint density at radius 2 is 2.25 bits per heavy atom. The van der Waals surface area contributed by atoms with Gasteiger partial charge in [0.1, 0.15) is 6.07 Å². The lowest BCUT2D eigenvalue weighted by Crippen LogP contribution is -2.05. The van der Waals surface area contributed by atoms with E-state index in [-0.39, 0.29) is 11.1 Å². The van der Waals surface area contributed by atoms with Crippen LogP contribution in [0.15, 0.2) is 12.1 Å². The summed E-state index contributed by atoms with van der Waals surface area (Å²) in [6, 6.07) is 3.27. The maximum Gasteiger partial charge on any atom is 0.339 e. The van der Waals surface area contributed by atoms with Crippen molar-refractivity contribution in [1.29, 1.82) is 5.26 Å². The lowest BCUT2D eigenvalue weighted by atomic mass is 10.1. The molecule has 0 radical (unpaired) electrons. The molecular formula is C9H6N2O5. The van der Waals surface area contributed by atoms with Gasteiger partial charge in [-0.1, -0.05) is 0 Å². The number of hydrogen-bond acceptors (Lipinski definition) is 6. The minimum atomic E-state index is -0.850. The van der Waals surface area contributed by atoms with E-state index < -0.39 is 22.3 Å². The average molecular weight is 222 g/mol. The van der Waals surface area contributed by atoms with E-state index in [2.05, 4.69) is 4.74 Å². The van der Waals surface area contributed by atoms with Gasteiger partial charge in [0.05, 0.1) is 23.2 Å². The number of nitro benzene ring substituents is 1. The van der Waals surface area contributed by atoms with Gasteiger partial charge < -0.3 is 9.84 Å². The number of benzene rings is 1. The molecule has 0 aliphatic heterocycles. The molecule has 7 heteroatoms. The minimum Gasteiger partial charge on any atom is -0.502 e. The van der Waals surface area contributed by atoms with Gasteiger partial charge in [-0.25, -0.2) is 4.79 Å². The molecule has 1 N–H and O–H groups in total. The molecule has 0 aliphatic rings. The van der Waals surface area contributed by atoms with Crippen molar-refractivity contribution in [3.63, 3.8) is 0 Å². The second-order valence-electron chi connectivity index (χ2n) is 2.75. The molecule has 7 nitrogen and oxygen atoms in total. The Morgan fingerprint density at radius 1 is 1.62 bits per heavy atom. The molecule has 1 rings (SSSR count). The normalized spacial score (nSPS) is 9.25. The Hall–Kier alpha value is -2.62. The summed E-state index contributed by atoms with van der Waals surface area (Å²) in [7, 11) is 1.10. The van der Waals surface area contributed by atoms with Crippen LogP contribution in [0.4, 0.5) is 5.69 Å². The van der Waals surface area contributed by atoms with Crippen LogP contribution in [0.2, 0.25) is 0 Å². The molecule has 1 aromatic rings. The van der Waals surface area contributed by atoms with Crippen molar-refractivity contribution >= 4 is 11.7 Å². The van der Waals surface area contributed by atoms with Gasteiger partial charge in [0.2, 0.25) is 0 Å². The zero-order valence-corrected chi connectivity index (χ0v) is 8.13. The average Bonchev–Trinajstić information content (AvgIpc) is 2.27. The number of methoxy groups -OCH3 is 1. The molecule has 0 spiro atoms. The number of aromatic hydroxyl groups is 1. The Kier molecular flexibility index (Phi) is 3.06. The summed E-state index contributed by atoms with van der Waals surface area (Å²) in [5, 5.41) is 28.4. The molecule has 0 bridgehead atoms. The molecule has 0 fully saturated rings. The molecule has 0 aromatic heterocycles. The number of hydrogen-bond donors (Lipinski definition) is 1. The predicted molar refractivity (Wildman–Crippen MR) is 50.8 cm³/mol. The van der Waals surface area contributed by atoms with Crippen molar-refractivity contribution in [2.45, 2.75) is 0 Å². The van der Waals surface area contributed by atoms with Crippen molar-refractivity contribution in [2.24, 2.45) is 0 Å². The summed E-state index contributed by atoms with van der Waals surface area (Å²) in [5.74, 6) is -1.54. The Labute approximate surface area is 89.6 Å². The number of carbonyl (C=O) groups is 1. The van der Waals surface area contributed by atoms with Crippen LogP contribution in [0.1, 0.15) is 15.9 Å². The lowest BCUT2D eigenvalue weighted by Gasteiger charge is -2.03. The van der Waals surface area contributed by atoms with Crippen LogP contribution >= 0.6 is 0 Å². The SMILES string of the molecule is COC(=O)c1cc(O)c([N+](=O)[O-])cc1C#N. The van der Waals surface area contributed by atoms with Gasteiger partial charge in [0.25, 0.3) is 0 Å². The molecule has 0 saturated heterocycles. The van der Waals surface area contributed by atoms with E-state index >= 15 is 0 Å². The summed E-state index contributed by atoms with van der Waals surface area (Å²) in [4.78, 5) is 20.8. The fourth-order valence-corrected chi connectivity index (χ4v) is 1.09. The van der Waals surface area contributed by atoms with E-state index in [0.717, 1.165) is 19.2 Å². The molecule has 0 unspecified atom stereocenters. The maximum absolute atomic E-state index is 11.2. The largest absolute Gasteiger partial charge is 0.502 e.